The summed E-state index contributed by atoms with van der Waals surface area (Å²) in [4.78, 5) is 19.4. The van der Waals surface area contributed by atoms with E-state index in [1.165, 1.54) is 4.57 Å². The van der Waals surface area contributed by atoms with Crippen LogP contribution in [-0.2, 0) is 25.7 Å². The number of nitrogens with one attached hydrogen (secondary N) is 2. The Kier molecular flexibility index (Phi) is 4.64. The number of urea groups is 1. The van der Waals surface area contributed by atoms with Crippen LogP contribution in [0.15, 0.2) is 10.7 Å². The van der Waals surface area contributed by atoms with Crippen LogP contribution < -0.4 is 10.6 Å². The number of imidazole rings is 1. The van der Waals surface area contributed by atoms with E-state index in [1.807, 2.05) is 0 Å². The number of alkyl halides is 3. The van der Waals surface area contributed by atoms with Crippen LogP contribution in [-0.4, -0.2) is 32.3 Å². The van der Waals surface area contributed by atoms with Crippen LogP contribution in [0.3, 0.4) is 0 Å². The normalized spacial score (nSPS) is 17.2. The molecule has 1 aliphatic rings. The van der Waals surface area contributed by atoms with Gasteiger partial charge in [-0.25, -0.2) is 9.78 Å². The lowest BCUT2D eigenvalue weighted by atomic mass is 9.99. The molecular formula is C14H17F3N6O2. The minimum atomic E-state index is -4.44. The molecule has 1 atom stereocenters. The zero-order valence-electron chi connectivity index (χ0n) is 13.4. The number of aryl methyl sites for hydroxylation is 2. The van der Waals surface area contributed by atoms with Crippen LogP contribution in [0.2, 0.25) is 0 Å². The maximum Gasteiger partial charge on any atom is 0.434 e. The van der Waals surface area contributed by atoms with E-state index < -0.39 is 17.9 Å². The number of amides is 2. The third kappa shape index (κ3) is 4.28. The number of nitrogens with zero attached hydrogens (tertiary/aromatic N) is 4. The van der Waals surface area contributed by atoms with Crippen molar-refractivity contribution in [3.63, 3.8) is 0 Å². The fraction of sp³-hybridized carbons (Fsp3) is 0.571. The first-order valence-corrected chi connectivity index (χ1v) is 7.75. The Morgan fingerprint density at radius 1 is 1.40 bits per heavy atom. The van der Waals surface area contributed by atoms with Gasteiger partial charge in [0.15, 0.2) is 11.5 Å². The van der Waals surface area contributed by atoms with E-state index >= 15 is 0 Å². The standard InChI is InChI=1S/C14H17F3N6O2/c1-8-20-12(25-22-8)5-19-13(24)18-4-9-2-3-11-21-10(14(15,16)17)7-23(11)6-9/h7,9H,2-6H2,1H3,(H2,18,19,24)/t9-/m0/s1. The molecule has 3 rings (SSSR count). The number of carbonyl (C=O) groups is 1. The van der Waals surface area contributed by atoms with Crippen molar-refractivity contribution in [2.24, 2.45) is 5.92 Å². The van der Waals surface area contributed by atoms with Crippen molar-refractivity contribution in [1.82, 2.24) is 30.3 Å². The van der Waals surface area contributed by atoms with Gasteiger partial charge in [0.1, 0.15) is 5.82 Å². The first kappa shape index (κ1) is 17.2. The van der Waals surface area contributed by atoms with Gasteiger partial charge < -0.3 is 19.7 Å². The average molecular weight is 358 g/mol. The smallest absolute Gasteiger partial charge is 0.338 e. The first-order chi connectivity index (χ1) is 11.8. The largest absolute Gasteiger partial charge is 0.434 e. The Morgan fingerprint density at radius 3 is 2.88 bits per heavy atom. The zero-order valence-corrected chi connectivity index (χ0v) is 13.4. The lowest BCUT2D eigenvalue weighted by molar-refractivity contribution is -0.141. The van der Waals surface area contributed by atoms with E-state index in [1.54, 1.807) is 6.92 Å². The predicted octanol–water partition coefficient (Wildman–Crippen LogP) is 1.66. The summed E-state index contributed by atoms with van der Waals surface area (Å²) in [7, 11) is 0. The summed E-state index contributed by atoms with van der Waals surface area (Å²) in [6, 6.07) is -0.400. The molecule has 0 aliphatic carbocycles. The Balaban J connectivity index is 1.46. The molecule has 25 heavy (non-hydrogen) atoms. The minimum Gasteiger partial charge on any atom is -0.338 e. The van der Waals surface area contributed by atoms with Gasteiger partial charge in [-0.1, -0.05) is 5.16 Å². The van der Waals surface area contributed by atoms with Crippen LogP contribution in [0.5, 0.6) is 0 Å². The van der Waals surface area contributed by atoms with Gasteiger partial charge in [-0.05, 0) is 19.3 Å². The molecule has 0 aromatic carbocycles. The van der Waals surface area contributed by atoms with Crippen molar-refractivity contribution in [3.05, 3.63) is 29.4 Å². The second-order valence-electron chi connectivity index (χ2n) is 5.90. The van der Waals surface area contributed by atoms with Crippen molar-refractivity contribution in [2.75, 3.05) is 6.54 Å². The summed E-state index contributed by atoms with van der Waals surface area (Å²) in [5, 5.41) is 8.89. The van der Waals surface area contributed by atoms with Crippen molar-refractivity contribution >= 4 is 6.03 Å². The van der Waals surface area contributed by atoms with Gasteiger partial charge in [-0.3, -0.25) is 0 Å². The predicted molar refractivity (Wildman–Crippen MR) is 78.3 cm³/mol. The number of hydrogen-bond acceptors (Lipinski definition) is 5. The number of halogens is 3. The second-order valence-corrected chi connectivity index (χ2v) is 5.90. The molecule has 8 nitrogen and oxygen atoms in total. The average Bonchev–Trinajstić information content (AvgIpc) is 3.16. The quantitative estimate of drug-likeness (QED) is 0.866. The van der Waals surface area contributed by atoms with Gasteiger partial charge >= 0.3 is 12.2 Å². The third-order valence-electron chi connectivity index (χ3n) is 3.90. The van der Waals surface area contributed by atoms with E-state index in [4.69, 9.17) is 4.52 Å². The molecular weight excluding hydrogens is 341 g/mol. The van der Waals surface area contributed by atoms with E-state index in [9.17, 15) is 18.0 Å². The first-order valence-electron chi connectivity index (χ1n) is 7.75. The van der Waals surface area contributed by atoms with Crippen LogP contribution in [0.25, 0.3) is 0 Å². The van der Waals surface area contributed by atoms with Crippen LogP contribution in [0.4, 0.5) is 18.0 Å². The highest BCUT2D eigenvalue weighted by Gasteiger charge is 2.35. The van der Waals surface area contributed by atoms with Gasteiger partial charge in [-0.15, -0.1) is 0 Å². The summed E-state index contributed by atoms with van der Waals surface area (Å²) in [5.41, 5.74) is -0.872. The lowest BCUT2D eigenvalue weighted by Crippen LogP contribution is -2.39. The molecule has 3 heterocycles. The molecule has 0 saturated carbocycles. The number of rotatable bonds is 4. The summed E-state index contributed by atoms with van der Waals surface area (Å²) in [5.74, 6) is 1.25. The Morgan fingerprint density at radius 2 is 2.20 bits per heavy atom. The van der Waals surface area contributed by atoms with E-state index in [2.05, 4.69) is 25.8 Å². The molecule has 0 bridgehead atoms. The van der Waals surface area contributed by atoms with Gasteiger partial charge in [0.2, 0.25) is 5.89 Å². The van der Waals surface area contributed by atoms with Gasteiger partial charge in [0.25, 0.3) is 0 Å². The summed E-state index contributed by atoms with van der Waals surface area (Å²) in [6.07, 6.45) is -2.30. The Labute approximate surface area is 140 Å². The van der Waals surface area contributed by atoms with Crippen LogP contribution in [0.1, 0.15) is 29.7 Å². The SMILES string of the molecule is Cc1noc(CNC(=O)NC[C@@H]2CCc3nc(C(F)(F)F)cn3C2)n1. The molecule has 2 N–H and O–H groups in total. The summed E-state index contributed by atoms with van der Waals surface area (Å²) < 4.78 is 44.5. The molecule has 2 amide bonds. The molecule has 0 fully saturated rings. The monoisotopic (exact) mass is 358 g/mol. The van der Waals surface area contributed by atoms with Crippen molar-refractivity contribution in [1.29, 1.82) is 0 Å². The van der Waals surface area contributed by atoms with Gasteiger partial charge in [-0.2, -0.15) is 18.2 Å². The lowest BCUT2D eigenvalue weighted by Gasteiger charge is -2.23. The third-order valence-corrected chi connectivity index (χ3v) is 3.90. The van der Waals surface area contributed by atoms with Crippen molar-refractivity contribution < 1.29 is 22.5 Å². The highest BCUT2D eigenvalue weighted by molar-refractivity contribution is 5.73. The van der Waals surface area contributed by atoms with Crippen molar-refractivity contribution in [2.45, 2.75) is 39.0 Å². The molecule has 0 spiro atoms. The molecule has 0 radical (unpaired) electrons. The number of carbonyl (C=O) groups excluding carboxylic acids is 1. The fourth-order valence-electron chi connectivity index (χ4n) is 2.68. The van der Waals surface area contributed by atoms with E-state index in [0.717, 1.165) is 6.20 Å². The molecule has 0 saturated heterocycles. The van der Waals surface area contributed by atoms with E-state index in [0.29, 0.717) is 43.5 Å². The number of hydrogen-bond donors (Lipinski definition) is 2. The maximum atomic E-state index is 12.7. The molecule has 2 aromatic rings. The van der Waals surface area contributed by atoms with Crippen molar-refractivity contribution in [3.8, 4) is 0 Å². The molecule has 0 unspecified atom stereocenters. The van der Waals surface area contributed by atoms with Crippen LogP contribution in [0, 0.1) is 12.8 Å². The Hall–Kier alpha value is -2.59. The molecule has 1 aliphatic heterocycles. The molecule has 136 valence electrons. The molecule has 2 aromatic heterocycles. The topological polar surface area (TPSA) is 97.9 Å². The number of aromatic nitrogens is 4. The van der Waals surface area contributed by atoms with Gasteiger partial charge in [0, 0.05) is 25.7 Å². The van der Waals surface area contributed by atoms with Crippen LogP contribution >= 0.6 is 0 Å². The fourth-order valence-corrected chi connectivity index (χ4v) is 2.68. The minimum absolute atomic E-state index is 0.0409. The highest BCUT2D eigenvalue weighted by Crippen LogP contribution is 2.30. The highest BCUT2D eigenvalue weighted by atomic mass is 19.4. The second kappa shape index (κ2) is 6.73. The van der Waals surface area contributed by atoms with E-state index in [-0.39, 0.29) is 12.5 Å². The van der Waals surface area contributed by atoms with Gasteiger partial charge in [0.05, 0.1) is 6.54 Å². The summed E-state index contributed by atoms with van der Waals surface area (Å²) >= 11 is 0. The molecule has 11 heteroatoms. The zero-order chi connectivity index (χ0) is 18.0. The Bertz CT molecular complexity index is 754. The maximum absolute atomic E-state index is 12.7. The summed E-state index contributed by atoms with van der Waals surface area (Å²) in [6.45, 7) is 2.53. The number of fused-ring (bicyclic) bond motifs is 1.